The lowest BCUT2D eigenvalue weighted by molar-refractivity contribution is 0.102. The highest BCUT2D eigenvalue weighted by atomic mass is 127. The largest absolute Gasteiger partial charge is 0.479 e. The summed E-state index contributed by atoms with van der Waals surface area (Å²) >= 11 is 8.10. The Labute approximate surface area is 140 Å². The predicted molar refractivity (Wildman–Crippen MR) is 89.7 cm³/mol. The van der Waals surface area contributed by atoms with Gasteiger partial charge in [-0.3, -0.25) is 4.79 Å². The van der Waals surface area contributed by atoms with E-state index in [0.717, 1.165) is 3.57 Å². The summed E-state index contributed by atoms with van der Waals surface area (Å²) in [6.45, 7) is -0.0376. The number of amides is 1. The Morgan fingerprint density at radius 3 is 2.86 bits per heavy atom. The highest BCUT2D eigenvalue weighted by Crippen LogP contribution is 2.21. The second-order valence-electron chi connectivity index (χ2n) is 4.06. The van der Waals surface area contributed by atoms with Crippen molar-refractivity contribution in [3.05, 3.63) is 56.6 Å². The lowest BCUT2D eigenvalue weighted by atomic mass is 10.2. The molecule has 0 aliphatic carbocycles. The van der Waals surface area contributed by atoms with Crippen LogP contribution in [0.5, 0.6) is 5.75 Å². The zero-order valence-electron chi connectivity index (χ0n) is 10.8. The molecule has 0 heterocycles. The van der Waals surface area contributed by atoms with Crippen LogP contribution in [-0.2, 0) is 0 Å². The van der Waals surface area contributed by atoms with E-state index in [0.29, 0.717) is 22.0 Å². The van der Waals surface area contributed by atoms with Gasteiger partial charge >= 0.3 is 0 Å². The molecular weight excluding hydrogens is 403 g/mol. The quantitative estimate of drug-likeness (QED) is 0.769. The highest BCUT2D eigenvalue weighted by Gasteiger charge is 2.08. The minimum atomic E-state index is -0.259. The van der Waals surface area contributed by atoms with E-state index in [2.05, 4.69) is 27.9 Å². The second-order valence-corrected chi connectivity index (χ2v) is 5.63. The van der Waals surface area contributed by atoms with E-state index in [1.807, 2.05) is 6.07 Å². The molecule has 1 N–H and O–H groups in total. The molecule has 0 spiro atoms. The van der Waals surface area contributed by atoms with Gasteiger partial charge < -0.3 is 10.1 Å². The van der Waals surface area contributed by atoms with Crippen LogP contribution in [0.4, 0.5) is 5.69 Å². The van der Waals surface area contributed by atoms with Gasteiger partial charge in [-0.1, -0.05) is 17.7 Å². The number of hydrogen-bond donors (Lipinski definition) is 1. The molecule has 0 atom stereocenters. The Kier molecular flexibility index (Phi) is 5.42. The summed E-state index contributed by atoms with van der Waals surface area (Å²) in [7, 11) is 0. The smallest absolute Gasteiger partial charge is 0.255 e. The van der Waals surface area contributed by atoms with Crippen LogP contribution in [0.2, 0.25) is 5.02 Å². The molecular formula is C15H10ClIN2O2. The Balaban J connectivity index is 2.12. The average molecular weight is 413 g/mol. The molecule has 0 aliphatic heterocycles. The van der Waals surface area contributed by atoms with Crippen LogP contribution < -0.4 is 10.1 Å². The Bertz CT molecular complexity index is 713. The fourth-order valence-corrected chi connectivity index (χ4v) is 2.14. The Morgan fingerprint density at radius 1 is 1.33 bits per heavy atom. The number of halogens is 2. The Morgan fingerprint density at radius 2 is 2.14 bits per heavy atom. The minimum Gasteiger partial charge on any atom is -0.479 e. The number of ether oxygens (including phenoxy) is 1. The fraction of sp³-hybridized carbons (Fsp3) is 0.0667. The first-order valence-electron chi connectivity index (χ1n) is 5.96. The van der Waals surface area contributed by atoms with E-state index in [9.17, 15) is 4.79 Å². The standard InChI is InChI=1S/C15H10ClIN2O2/c16-13-8-10(4-5-14(13)17)15(20)19-11-2-1-3-12(9-11)21-7-6-18/h1-5,8-9H,7H2,(H,19,20). The van der Waals surface area contributed by atoms with Crippen LogP contribution in [0.3, 0.4) is 0 Å². The summed E-state index contributed by atoms with van der Waals surface area (Å²) < 4.78 is 6.07. The maximum Gasteiger partial charge on any atom is 0.255 e. The number of nitriles is 1. The summed E-state index contributed by atoms with van der Waals surface area (Å²) in [5, 5.41) is 11.8. The topological polar surface area (TPSA) is 62.1 Å². The summed E-state index contributed by atoms with van der Waals surface area (Å²) in [6, 6.07) is 13.9. The first-order valence-corrected chi connectivity index (χ1v) is 7.42. The molecule has 2 rings (SSSR count). The number of nitrogens with zero attached hydrogens (tertiary/aromatic N) is 1. The molecule has 0 unspecified atom stereocenters. The zero-order chi connectivity index (χ0) is 15.2. The van der Waals surface area contributed by atoms with Crippen molar-refractivity contribution < 1.29 is 9.53 Å². The molecule has 0 aliphatic rings. The number of rotatable bonds is 4. The van der Waals surface area contributed by atoms with Crippen LogP contribution in [0.15, 0.2) is 42.5 Å². The molecule has 0 saturated carbocycles. The maximum atomic E-state index is 12.1. The monoisotopic (exact) mass is 412 g/mol. The molecule has 2 aromatic rings. The number of nitrogens with one attached hydrogen (secondary N) is 1. The van der Waals surface area contributed by atoms with Gasteiger partial charge in [-0.2, -0.15) is 5.26 Å². The lowest BCUT2D eigenvalue weighted by Crippen LogP contribution is -2.12. The Hall–Kier alpha value is -1.78. The normalized spacial score (nSPS) is 9.76. The third-order valence-corrected chi connectivity index (χ3v) is 4.15. The van der Waals surface area contributed by atoms with Gasteiger partial charge in [0.15, 0.2) is 6.61 Å². The van der Waals surface area contributed by atoms with E-state index >= 15 is 0 Å². The molecule has 0 saturated heterocycles. The van der Waals surface area contributed by atoms with Gasteiger partial charge in [0.05, 0.1) is 5.02 Å². The van der Waals surface area contributed by atoms with Crippen LogP contribution in [0.1, 0.15) is 10.4 Å². The van der Waals surface area contributed by atoms with Gasteiger partial charge in [-0.15, -0.1) is 0 Å². The maximum absolute atomic E-state index is 12.1. The third kappa shape index (κ3) is 4.34. The van der Waals surface area contributed by atoms with Gasteiger partial charge in [0.1, 0.15) is 11.8 Å². The van der Waals surface area contributed by atoms with Crippen LogP contribution in [-0.4, -0.2) is 12.5 Å². The third-order valence-electron chi connectivity index (χ3n) is 2.58. The fourth-order valence-electron chi connectivity index (χ4n) is 1.62. The number of carbonyl (C=O) groups excluding carboxylic acids is 1. The van der Waals surface area contributed by atoms with E-state index in [1.54, 1.807) is 42.5 Å². The summed E-state index contributed by atoms with van der Waals surface area (Å²) in [5.41, 5.74) is 1.06. The molecule has 0 bridgehead atoms. The number of carbonyl (C=O) groups is 1. The molecule has 2 aromatic carbocycles. The first-order chi connectivity index (χ1) is 10.1. The molecule has 4 nitrogen and oxygen atoms in total. The number of anilines is 1. The molecule has 1 amide bonds. The van der Waals surface area contributed by atoms with Crippen LogP contribution >= 0.6 is 34.2 Å². The minimum absolute atomic E-state index is 0.0376. The van der Waals surface area contributed by atoms with Crippen LogP contribution in [0, 0.1) is 14.9 Å². The van der Waals surface area contributed by atoms with Gasteiger partial charge in [-0.05, 0) is 52.9 Å². The zero-order valence-corrected chi connectivity index (χ0v) is 13.7. The average Bonchev–Trinajstić information content (AvgIpc) is 2.48. The van der Waals surface area contributed by atoms with Crippen molar-refractivity contribution in [2.24, 2.45) is 0 Å². The van der Waals surface area contributed by atoms with E-state index < -0.39 is 0 Å². The van der Waals surface area contributed by atoms with Crippen molar-refractivity contribution in [1.82, 2.24) is 0 Å². The molecule has 0 radical (unpaired) electrons. The predicted octanol–water partition coefficient (Wildman–Crippen LogP) is 4.10. The summed E-state index contributed by atoms with van der Waals surface area (Å²) in [6.07, 6.45) is 0. The van der Waals surface area contributed by atoms with Crippen molar-refractivity contribution in [3.8, 4) is 11.8 Å². The SMILES string of the molecule is N#CCOc1cccc(NC(=O)c2ccc(I)c(Cl)c2)c1. The van der Waals surface area contributed by atoms with Crippen molar-refractivity contribution in [1.29, 1.82) is 5.26 Å². The van der Waals surface area contributed by atoms with Crippen molar-refractivity contribution >= 4 is 45.8 Å². The molecule has 6 heteroatoms. The van der Waals surface area contributed by atoms with Gasteiger partial charge in [0.2, 0.25) is 0 Å². The van der Waals surface area contributed by atoms with Crippen LogP contribution in [0.25, 0.3) is 0 Å². The number of benzene rings is 2. The van der Waals surface area contributed by atoms with Crippen molar-refractivity contribution in [2.45, 2.75) is 0 Å². The second kappa shape index (κ2) is 7.29. The van der Waals surface area contributed by atoms with Gasteiger partial charge in [-0.25, -0.2) is 0 Å². The summed E-state index contributed by atoms with van der Waals surface area (Å²) in [4.78, 5) is 12.1. The highest BCUT2D eigenvalue weighted by molar-refractivity contribution is 14.1. The lowest BCUT2D eigenvalue weighted by Gasteiger charge is -2.08. The van der Waals surface area contributed by atoms with E-state index in [4.69, 9.17) is 21.6 Å². The van der Waals surface area contributed by atoms with E-state index in [1.165, 1.54) is 0 Å². The summed E-state index contributed by atoms with van der Waals surface area (Å²) in [5.74, 6) is 0.265. The van der Waals surface area contributed by atoms with Gasteiger partial charge in [0.25, 0.3) is 5.91 Å². The molecule has 0 fully saturated rings. The van der Waals surface area contributed by atoms with Crippen molar-refractivity contribution in [3.63, 3.8) is 0 Å². The number of hydrogen-bond acceptors (Lipinski definition) is 3. The first kappa shape index (κ1) is 15.6. The van der Waals surface area contributed by atoms with E-state index in [-0.39, 0.29) is 12.5 Å². The van der Waals surface area contributed by atoms with Crippen molar-refractivity contribution in [2.75, 3.05) is 11.9 Å². The molecule has 0 aromatic heterocycles. The molecule has 106 valence electrons. The van der Waals surface area contributed by atoms with Gasteiger partial charge in [0, 0.05) is 20.9 Å². The molecule has 21 heavy (non-hydrogen) atoms.